The van der Waals surface area contributed by atoms with E-state index in [1.165, 1.54) is 6.07 Å². The number of fused-ring (bicyclic) bond motifs is 3. The molecule has 5 N–H and O–H groups in total. The summed E-state index contributed by atoms with van der Waals surface area (Å²) >= 11 is 3.35. The lowest BCUT2D eigenvalue weighted by Crippen LogP contribution is -2.40. The van der Waals surface area contributed by atoms with Gasteiger partial charge >= 0.3 is 13.7 Å². The summed E-state index contributed by atoms with van der Waals surface area (Å²) in [6.07, 6.45) is 2.42. The lowest BCUT2D eigenvalue weighted by molar-refractivity contribution is -0.751. The van der Waals surface area contributed by atoms with Gasteiger partial charge in [-0.15, -0.1) is 0 Å². The van der Waals surface area contributed by atoms with E-state index in [4.69, 9.17) is 15.2 Å². The number of benzene rings is 2. The summed E-state index contributed by atoms with van der Waals surface area (Å²) in [7, 11) is -4.95. The highest BCUT2D eigenvalue weighted by Gasteiger charge is 2.70. The van der Waals surface area contributed by atoms with E-state index >= 15 is 0 Å². The number of unbranched alkanes of at least 4 members (excludes halogenated alkanes) is 1. The number of aryl methyl sites for hydroxylation is 1. The van der Waals surface area contributed by atoms with Gasteiger partial charge in [-0.1, -0.05) is 47.5 Å². The van der Waals surface area contributed by atoms with E-state index in [1.807, 2.05) is 23.6 Å². The first-order valence-corrected chi connectivity index (χ1v) is 16.2. The van der Waals surface area contributed by atoms with Crippen molar-refractivity contribution in [3.63, 3.8) is 0 Å². The van der Waals surface area contributed by atoms with Crippen LogP contribution in [0.1, 0.15) is 50.6 Å². The molecule has 1 fully saturated rings. The SMILES string of the molecule is CCCCc1nc2c(N)nc3ccc(C4(C)C[N+]4(CC)C(=O)CBr)cc3c2n1Cc1cccc(O)c1OP(=O)(O)O. The Bertz CT molecular complexity index is 1720. The van der Waals surface area contributed by atoms with Gasteiger partial charge in [-0.2, -0.15) is 0 Å². The predicted molar refractivity (Wildman–Crippen MR) is 160 cm³/mol. The standard InChI is InChI=1S/C28H33BrN5O6P/c1-4-6-10-22-32-24-25(33(22)15-17-8-7-9-21(35)26(17)40-41(37,38)39)19-13-18(11-12-20(19)31-27(24)30)28(3)16-34(28,5-2)23(36)14-29/h7-9,11-13H,4-6,10,14-16H2,1-3H3,(H4-,30,31,35,37,38,39)/p+1. The molecule has 0 spiro atoms. The average molecular weight is 647 g/mol. The molecule has 5 rings (SSSR count). The minimum absolute atomic E-state index is 0.108. The number of rotatable bonds is 10. The van der Waals surface area contributed by atoms with E-state index in [2.05, 4.69) is 40.8 Å². The van der Waals surface area contributed by atoms with E-state index < -0.39 is 13.4 Å². The van der Waals surface area contributed by atoms with Crippen LogP contribution in [0.3, 0.4) is 0 Å². The van der Waals surface area contributed by atoms with Crippen LogP contribution in [0.4, 0.5) is 5.82 Å². The summed E-state index contributed by atoms with van der Waals surface area (Å²) in [6.45, 7) is 7.67. The molecule has 0 bridgehead atoms. The second-order valence-corrected chi connectivity index (χ2v) is 12.5. The number of nitrogen functional groups attached to an aromatic ring is 1. The Morgan fingerprint density at radius 1 is 1.24 bits per heavy atom. The fourth-order valence-electron chi connectivity index (χ4n) is 6.02. The highest BCUT2D eigenvalue weighted by atomic mass is 79.9. The average Bonchev–Trinajstić information content (AvgIpc) is 3.41. The number of quaternary nitrogens is 1. The van der Waals surface area contributed by atoms with Crippen LogP contribution in [0.5, 0.6) is 11.5 Å². The van der Waals surface area contributed by atoms with Crippen LogP contribution in [-0.4, -0.2) is 58.2 Å². The zero-order valence-electron chi connectivity index (χ0n) is 23.2. The fourth-order valence-corrected chi connectivity index (χ4v) is 6.95. The summed E-state index contributed by atoms with van der Waals surface area (Å²) in [5, 5.41) is 11.5. The zero-order chi connectivity index (χ0) is 29.7. The summed E-state index contributed by atoms with van der Waals surface area (Å²) in [6, 6.07) is 10.5. The van der Waals surface area contributed by atoms with Crippen LogP contribution in [0.15, 0.2) is 36.4 Å². The van der Waals surface area contributed by atoms with Gasteiger partial charge in [0.25, 0.3) is 0 Å². The van der Waals surface area contributed by atoms with Gasteiger partial charge < -0.3 is 19.9 Å². The lowest BCUT2D eigenvalue weighted by Gasteiger charge is -2.21. The maximum atomic E-state index is 13.0. The van der Waals surface area contributed by atoms with E-state index in [0.717, 1.165) is 35.1 Å². The molecular weight excluding hydrogens is 613 g/mol. The third-order valence-corrected chi connectivity index (χ3v) is 9.22. The Balaban J connectivity index is 1.74. The van der Waals surface area contributed by atoms with Gasteiger partial charge in [-0.05, 0) is 31.5 Å². The maximum Gasteiger partial charge on any atom is 0.524 e. The van der Waals surface area contributed by atoms with E-state index in [9.17, 15) is 24.3 Å². The number of aromatic nitrogens is 3. The third-order valence-electron chi connectivity index (χ3n) is 8.32. The normalized spacial score (nSPS) is 20.5. The number of hydrogen-bond donors (Lipinski definition) is 4. The number of phosphoric ester groups is 1. The highest BCUT2D eigenvalue weighted by molar-refractivity contribution is 9.09. The summed E-state index contributed by atoms with van der Waals surface area (Å²) in [5.74, 6) is 0.448. The number of imidazole rings is 1. The molecule has 2 aromatic heterocycles. The predicted octanol–water partition coefficient (Wildman–Crippen LogP) is 4.72. The fraction of sp³-hybridized carbons (Fsp3) is 0.393. The Labute approximate surface area is 245 Å². The van der Waals surface area contributed by atoms with Gasteiger partial charge in [0.2, 0.25) is 0 Å². The molecule has 13 heteroatoms. The topological polar surface area (TPSA) is 161 Å². The molecule has 2 unspecified atom stereocenters. The number of alkyl halides is 1. The first-order chi connectivity index (χ1) is 19.4. The van der Waals surface area contributed by atoms with Crippen molar-refractivity contribution in [3.05, 3.63) is 53.3 Å². The molecule has 1 amide bonds. The minimum atomic E-state index is -4.95. The quantitative estimate of drug-likeness (QED) is 0.0827. The Kier molecular flexibility index (Phi) is 7.67. The van der Waals surface area contributed by atoms with Crippen molar-refractivity contribution < 1.29 is 33.3 Å². The number of pyridine rings is 1. The van der Waals surface area contributed by atoms with Gasteiger partial charge in [0.1, 0.15) is 23.2 Å². The minimum Gasteiger partial charge on any atom is -0.504 e. The van der Waals surface area contributed by atoms with Crippen molar-refractivity contribution in [2.45, 2.75) is 52.1 Å². The molecule has 1 saturated heterocycles. The smallest absolute Gasteiger partial charge is 0.504 e. The molecule has 2 aromatic carbocycles. The number of halogens is 1. The molecular formula is C28H34BrN5O6P+. The van der Waals surface area contributed by atoms with E-state index in [0.29, 0.717) is 40.6 Å². The van der Waals surface area contributed by atoms with Crippen molar-refractivity contribution >= 4 is 57.4 Å². The number of anilines is 1. The van der Waals surface area contributed by atoms with Gasteiger partial charge in [0, 0.05) is 29.9 Å². The molecule has 0 aliphatic carbocycles. The van der Waals surface area contributed by atoms with Gasteiger partial charge in [-0.3, -0.25) is 9.79 Å². The Morgan fingerprint density at radius 3 is 2.66 bits per heavy atom. The highest BCUT2D eigenvalue weighted by Crippen LogP contribution is 2.52. The number of phosphoric acid groups is 1. The summed E-state index contributed by atoms with van der Waals surface area (Å²) in [4.78, 5) is 41.5. The molecule has 2 atom stereocenters. The van der Waals surface area contributed by atoms with Crippen LogP contribution < -0.4 is 10.3 Å². The zero-order valence-corrected chi connectivity index (χ0v) is 25.7. The number of amides is 1. The number of aromatic hydroxyl groups is 1. The summed E-state index contributed by atoms with van der Waals surface area (Å²) in [5.41, 5.74) is 9.29. The largest absolute Gasteiger partial charge is 0.524 e. The molecule has 4 aromatic rings. The molecule has 0 saturated carbocycles. The van der Waals surface area contributed by atoms with Crippen molar-refractivity contribution in [2.75, 3.05) is 24.2 Å². The Morgan fingerprint density at radius 2 is 2.00 bits per heavy atom. The number of nitrogens with two attached hydrogens (primary N) is 1. The van der Waals surface area contributed by atoms with Crippen LogP contribution in [0, 0.1) is 0 Å². The number of hydrogen-bond acceptors (Lipinski definition) is 7. The second-order valence-electron chi connectivity index (χ2n) is 10.7. The molecule has 0 radical (unpaired) electrons. The number of carbonyl (C=O) groups excluding carboxylic acids is 1. The molecule has 41 heavy (non-hydrogen) atoms. The van der Waals surface area contributed by atoms with Crippen molar-refractivity contribution in [1.82, 2.24) is 14.5 Å². The number of phenolic OH excluding ortho intramolecular Hbond substituents is 1. The van der Waals surface area contributed by atoms with Gasteiger partial charge in [0.05, 0.1) is 24.1 Å². The molecule has 3 heterocycles. The number of phenols is 1. The number of carbonyl (C=O) groups is 1. The molecule has 1 aliphatic rings. The van der Waals surface area contributed by atoms with Crippen LogP contribution in [0.2, 0.25) is 0 Å². The summed E-state index contributed by atoms with van der Waals surface area (Å²) < 4.78 is 18.9. The number of nitrogens with zero attached hydrogens (tertiary/aromatic N) is 4. The van der Waals surface area contributed by atoms with Crippen LogP contribution in [-0.2, 0) is 27.9 Å². The number of para-hydroxylation sites is 1. The first kappa shape index (κ1) is 29.5. The second kappa shape index (κ2) is 10.7. The molecule has 218 valence electrons. The lowest BCUT2D eigenvalue weighted by atomic mass is 9.97. The van der Waals surface area contributed by atoms with Crippen LogP contribution >= 0.6 is 23.8 Å². The van der Waals surface area contributed by atoms with Crippen molar-refractivity contribution in [2.24, 2.45) is 0 Å². The molecule has 11 nitrogen and oxygen atoms in total. The maximum absolute atomic E-state index is 13.0. The van der Waals surface area contributed by atoms with Gasteiger partial charge in [0.15, 0.2) is 22.9 Å². The van der Waals surface area contributed by atoms with Crippen LogP contribution in [0.25, 0.3) is 21.9 Å². The van der Waals surface area contributed by atoms with Crippen molar-refractivity contribution in [1.29, 1.82) is 0 Å². The van der Waals surface area contributed by atoms with E-state index in [-0.39, 0.29) is 35.1 Å². The third kappa shape index (κ3) is 5.02. The van der Waals surface area contributed by atoms with E-state index in [1.54, 1.807) is 12.1 Å². The monoisotopic (exact) mass is 646 g/mol. The Hall–Kier alpha value is -3.02. The molecule has 1 aliphatic heterocycles. The number of likely N-dealkylation sites (N-methyl/N-ethyl adjacent to an activating group) is 1. The van der Waals surface area contributed by atoms with Gasteiger partial charge in [-0.25, -0.2) is 23.8 Å². The first-order valence-electron chi connectivity index (χ1n) is 13.5. The van der Waals surface area contributed by atoms with Crippen molar-refractivity contribution in [3.8, 4) is 11.5 Å².